The molecule has 0 spiro atoms. The Kier molecular flexibility index (Phi) is 5.14. The topological polar surface area (TPSA) is 20.2 Å². The molecular weight excluding hydrogens is 256 g/mol. The van der Waals surface area contributed by atoms with E-state index in [-0.39, 0.29) is 6.10 Å². The van der Waals surface area contributed by atoms with Gasteiger partial charge in [-0.15, -0.1) is 0 Å². The molecule has 0 amide bonds. The largest absolute Gasteiger partial charge is 0.392 e. The zero-order chi connectivity index (χ0) is 15.6. The Balaban J connectivity index is 1.93. The molecule has 1 aromatic rings. The van der Waals surface area contributed by atoms with Gasteiger partial charge in [0.05, 0.1) is 6.10 Å². The lowest BCUT2D eigenvalue weighted by atomic mass is 9.68. The van der Waals surface area contributed by atoms with Gasteiger partial charge in [-0.25, -0.2) is 0 Å². The summed E-state index contributed by atoms with van der Waals surface area (Å²) in [5.74, 6) is 1.31. The van der Waals surface area contributed by atoms with Crippen LogP contribution in [0.2, 0.25) is 0 Å². The van der Waals surface area contributed by atoms with Crippen LogP contribution in [0.3, 0.4) is 0 Å². The first-order valence-corrected chi connectivity index (χ1v) is 8.51. The van der Waals surface area contributed by atoms with Crippen LogP contribution in [0, 0.1) is 31.1 Å². The molecule has 1 N–H and O–H groups in total. The predicted molar refractivity (Wildman–Crippen MR) is 90.5 cm³/mol. The maximum absolute atomic E-state index is 10.6. The second-order valence-corrected chi connectivity index (χ2v) is 8.18. The molecule has 1 heteroatoms. The van der Waals surface area contributed by atoms with E-state index in [1.165, 1.54) is 42.4 Å². The first kappa shape index (κ1) is 16.5. The van der Waals surface area contributed by atoms with E-state index in [9.17, 15) is 5.11 Å². The molecule has 0 radical (unpaired) electrons. The maximum Gasteiger partial charge on any atom is 0.0608 e. The predicted octanol–water partition coefficient (Wildman–Crippen LogP) is 5.06. The van der Waals surface area contributed by atoms with Crippen molar-refractivity contribution in [2.45, 2.75) is 72.8 Å². The smallest absolute Gasteiger partial charge is 0.0608 e. The Hall–Kier alpha value is -0.820. The van der Waals surface area contributed by atoms with Crippen molar-refractivity contribution in [2.75, 3.05) is 0 Å². The number of hydrogen-bond acceptors (Lipinski definition) is 1. The molecule has 1 nitrogen and oxygen atoms in total. The van der Waals surface area contributed by atoms with Crippen molar-refractivity contribution in [3.63, 3.8) is 0 Å². The fourth-order valence-corrected chi connectivity index (χ4v) is 3.78. The van der Waals surface area contributed by atoms with Gasteiger partial charge in [0, 0.05) is 0 Å². The average Bonchev–Trinajstić information content (AvgIpc) is 2.42. The summed E-state index contributed by atoms with van der Waals surface area (Å²) in [6, 6.07) is 6.56. The highest BCUT2D eigenvalue weighted by Gasteiger charge is 2.32. The minimum absolute atomic E-state index is 0.175. The van der Waals surface area contributed by atoms with Gasteiger partial charge in [0.15, 0.2) is 0 Å². The van der Waals surface area contributed by atoms with Gasteiger partial charge in [0.25, 0.3) is 0 Å². The highest BCUT2D eigenvalue weighted by atomic mass is 16.3. The zero-order valence-corrected chi connectivity index (χ0v) is 14.4. The number of rotatable bonds is 3. The highest BCUT2D eigenvalue weighted by Crippen LogP contribution is 2.41. The standard InChI is InChI=1S/C20H32O/c1-14-6-7-15(2)17(12-14)13-19(21)16-8-10-18(11-9-16)20(3,4)5/h6-7,12,16,18-19,21H,8-11,13H2,1-5H3. The third kappa shape index (κ3) is 4.32. The van der Waals surface area contributed by atoms with Gasteiger partial charge in [-0.1, -0.05) is 44.5 Å². The fourth-order valence-electron chi connectivity index (χ4n) is 3.78. The molecule has 0 saturated heterocycles. The molecule has 0 aromatic heterocycles. The highest BCUT2D eigenvalue weighted by molar-refractivity contribution is 5.31. The quantitative estimate of drug-likeness (QED) is 0.824. The first-order valence-electron chi connectivity index (χ1n) is 8.51. The lowest BCUT2D eigenvalue weighted by Crippen LogP contribution is -2.31. The summed E-state index contributed by atoms with van der Waals surface area (Å²) in [6.45, 7) is 11.3. The fraction of sp³-hybridized carbons (Fsp3) is 0.700. The maximum atomic E-state index is 10.6. The van der Waals surface area contributed by atoms with Gasteiger partial charge in [-0.2, -0.15) is 0 Å². The molecule has 0 heterocycles. The van der Waals surface area contributed by atoms with Crippen molar-refractivity contribution >= 4 is 0 Å². The molecule has 1 aliphatic carbocycles. The summed E-state index contributed by atoms with van der Waals surface area (Å²) in [6.07, 6.45) is 5.57. The molecule has 0 bridgehead atoms. The van der Waals surface area contributed by atoms with E-state index < -0.39 is 0 Å². The third-order valence-electron chi connectivity index (χ3n) is 5.47. The normalized spacial score (nSPS) is 24.9. The van der Waals surface area contributed by atoms with Crippen LogP contribution in [-0.4, -0.2) is 11.2 Å². The minimum atomic E-state index is -0.175. The lowest BCUT2D eigenvalue weighted by Gasteiger charge is -2.38. The van der Waals surface area contributed by atoms with Crippen LogP contribution in [0.4, 0.5) is 0 Å². The SMILES string of the molecule is Cc1ccc(C)c(CC(O)C2CCC(C(C)(C)C)CC2)c1. The van der Waals surface area contributed by atoms with Crippen LogP contribution >= 0.6 is 0 Å². The number of aliphatic hydroxyl groups is 1. The van der Waals surface area contributed by atoms with Crippen LogP contribution < -0.4 is 0 Å². The van der Waals surface area contributed by atoms with E-state index in [0.29, 0.717) is 11.3 Å². The molecule has 1 aliphatic rings. The summed E-state index contributed by atoms with van der Waals surface area (Å²) in [5.41, 5.74) is 4.34. The number of aliphatic hydroxyl groups excluding tert-OH is 1. The Morgan fingerprint density at radius 3 is 2.29 bits per heavy atom. The van der Waals surface area contributed by atoms with Crippen LogP contribution in [-0.2, 0) is 6.42 Å². The molecule has 1 atom stereocenters. The van der Waals surface area contributed by atoms with Crippen molar-refractivity contribution in [1.29, 1.82) is 0 Å². The van der Waals surface area contributed by atoms with E-state index in [2.05, 4.69) is 52.8 Å². The van der Waals surface area contributed by atoms with Crippen molar-refractivity contribution in [3.05, 3.63) is 34.9 Å². The molecule has 1 saturated carbocycles. The van der Waals surface area contributed by atoms with Gasteiger partial charge in [-0.05, 0) is 74.3 Å². The van der Waals surface area contributed by atoms with Gasteiger partial charge >= 0.3 is 0 Å². The second kappa shape index (κ2) is 6.52. The number of aryl methyl sites for hydroxylation is 2. The Morgan fingerprint density at radius 2 is 1.71 bits per heavy atom. The Morgan fingerprint density at radius 1 is 1.10 bits per heavy atom. The zero-order valence-electron chi connectivity index (χ0n) is 14.4. The lowest BCUT2D eigenvalue weighted by molar-refractivity contribution is 0.0536. The van der Waals surface area contributed by atoms with Gasteiger partial charge in [0.2, 0.25) is 0 Å². The van der Waals surface area contributed by atoms with E-state index in [4.69, 9.17) is 0 Å². The van der Waals surface area contributed by atoms with E-state index in [1.54, 1.807) is 0 Å². The molecule has 2 rings (SSSR count). The van der Waals surface area contributed by atoms with Crippen molar-refractivity contribution in [3.8, 4) is 0 Å². The van der Waals surface area contributed by atoms with Crippen molar-refractivity contribution in [1.82, 2.24) is 0 Å². The summed E-state index contributed by atoms with van der Waals surface area (Å²) >= 11 is 0. The van der Waals surface area contributed by atoms with Crippen LogP contribution in [0.5, 0.6) is 0 Å². The molecule has 1 unspecified atom stereocenters. The molecule has 118 valence electrons. The van der Waals surface area contributed by atoms with Crippen molar-refractivity contribution in [2.24, 2.45) is 17.3 Å². The summed E-state index contributed by atoms with van der Waals surface area (Å²) < 4.78 is 0. The first-order chi connectivity index (χ1) is 9.77. The molecule has 21 heavy (non-hydrogen) atoms. The summed E-state index contributed by atoms with van der Waals surface area (Å²) in [5, 5.41) is 10.6. The monoisotopic (exact) mass is 288 g/mol. The summed E-state index contributed by atoms with van der Waals surface area (Å²) in [7, 11) is 0. The van der Waals surface area contributed by atoms with Crippen molar-refractivity contribution < 1.29 is 5.11 Å². The summed E-state index contributed by atoms with van der Waals surface area (Å²) in [4.78, 5) is 0. The van der Waals surface area contributed by atoms with Gasteiger partial charge in [-0.3, -0.25) is 0 Å². The van der Waals surface area contributed by atoms with Crippen LogP contribution in [0.1, 0.15) is 63.1 Å². The second-order valence-electron chi connectivity index (χ2n) is 8.18. The number of hydrogen-bond donors (Lipinski definition) is 1. The van der Waals surface area contributed by atoms with Gasteiger partial charge < -0.3 is 5.11 Å². The van der Waals surface area contributed by atoms with E-state index >= 15 is 0 Å². The average molecular weight is 288 g/mol. The van der Waals surface area contributed by atoms with E-state index in [1.807, 2.05) is 0 Å². The Bertz CT molecular complexity index is 461. The van der Waals surface area contributed by atoms with E-state index in [0.717, 1.165) is 12.3 Å². The minimum Gasteiger partial charge on any atom is -0.392 e. The molecule has 0 aliphatic heterocycles. The van der Waals surface area contributed by atoms with Crippen LogP contribution in [0.15, 0.2) is 18.2 Å². The Labute approximate surface area is 130 Å². The molecule has 1 aromatic carbocycles. The number of benzene rings is 1. The third-order valence-corrected chi connectivity index (χ3v) is 5.47. The molecular formula is C20H32O. The van der Waals surface area contributed by atoms with Gasteiger partial charge in [0.1, 0.15) is 0 Å². The van der Waals surface area contributed by atoms with Crippen LogP contribution in [0.25, 0.3) is 0 Å². The molecule has 1 fully saturated rings.